The molecule has 44 heavy (non-hydrogen) atoms. The largest absolute Gasteiger partial charge is 0.488 e. The lowest BCUT2D eigenvalue weighted by atomic mass is 9.93. The van der Waals surface area contributed by atoms with Crippen molar-refractivity contribution in [3.63, 3.8) is 0 Å². The number of carboxylic acids is 1. The molecule has 1 saturated heterocycles. The van der Waals surface area contributed by atoms with E-state index in [0.29, 0.717) is 25.1 Å². The van der Waals surface area contributed by atoms with Crippen LogP contribution in [-0.4, -0.2) is 69.7 Å². The minimum Gasteiger partial charge on any atom is -0.488 e. The predicted molar refractivity (Wildman–Crippen MR) is 168 cm³/mol. The molecule has 1 aromatic carbocycles. The van der Waals surface area contributed by atoms with Gasteiger partial charge in [0, 0.05) is 31.8 Å². The van der Waals surface area contributed by atoms with Crippen LogP contribution in [0.5, 0.6) is 5.88 Å². The molecule has 0 unspecified atom stereocenters. The molecule has 3 aromatic rings. The molecule has 2 aromatic heterocycles. The van der Waals surface area contributed by atoms with E-state index in [1.54, 1.807) is 6.07 Å². The number of ether oxygens (including phenoxy) is 3. The second kappa shape index (κ2) is 13.4. The zero-order chi connectivity index (χ0) is 30.6. The van der Waals surface area contributed by atoms with E-state index < -0.39 is 5.97 Å². The molecule has 232 valence electrons. The first-order chi connectivity index (χ1) is 21.4. The number of hydrogen-bond donors (Lipinski definition) is 1. The van der Waals surface area contributed by atoms with Crippen molar-refractivity contribution < 1.29 is 24.1 Å². The van der Waals surface area contributed by atoms with Gasteiger partial charge in [0.15, 0.2) is 5.82 Å². The van der Waals surface area contributed by atoms with Gasteiger partial charge in [0.1, 0.15) is 17.9 Å². The van der Waals surface area contributed by atoms with Crippen molar-refractivity contribution in [1.29, 1.82) is 0 Å². The standard InChI is InChI=1S/C35H42N4O5/c1-4-42-34-30(35(40)41)20-36-39(34)32-12-6-11-31(37-32)29-10-5-8-23(2)33(29)44-22-26-14-13-25-15-17-38(18-16-28(25)24(26)3)21-27-9-7-19-43-27/h6,10-14,20,27H,4-5,7-9,15-19,21-22H2,1-3H3,(H,40,41)/t27-/m1/s1. The molecule has 0 bridgehead atoms. The molecule has 9 heteroatoms. The molecule has 1 atom stereocenters. The molecule has 0 radical (unpaired) electrons. The van der Waals surface area contributed by atoms with Gasteiger partial charge in [-0.1, -0.05) is 24.3 Å². The topological polar surface area (TPSA) is 98.9 Å². The molecule has 1 aliphatic carbocycles. The summed E-state index contributed by atoms with van der Waals surface area (Å²) in [7, 11) is 0. The zero-order valence-electron chi connectivity index (χ0n) is 26.0. The summed E-state index contributed by atoms with van der Waals surface area (Å²) in [5.41, 5.74) is 8.33. The Balaban J connectivity index is 1.20. The van der Waals surface area contributed by atoms with E-state index in [2.05, 4.69) is 42.1 Å². The molecule has 3 aliphatic rings. The van der Waals surface area contributed by atoms with Crippen molar-refractivity contribution in [3.8, 4) is 11.7 Å². The Morgan fingerprint density at radius 3 is 2.77 bits per heavy atom. The number of aromatic carboxylic acids is 1. The van der Waals surface area contributed by atoms with Crippen molar-refractivity contribution in [2.75, 3.05) is 32.8 Å². The van der Waals surface area contributed by atoms with Crippen molar-refractivity contribution in [2.45, 2.75) is 72.0 Å². The van der Waals surface area contributed by atoms with Gasteiger partial charge in [0.25, 0.3) is 0 Å². The smallest absolute Gasteiger partial charge is 0.342 e. The first-order valence-electron chi connectivity index (χ1n) is 15.8. The van der Waals surface area contributed by atoms with Gasteiger partial charge in [-0.05, 0) is 99.3 Å². The Labute approximate surface area is 259 Å². The van der Waals surface area contributed by atoms with Crippen molar-refractivity contribution >= 4 is 11.5 Å². The number of aromatic nitrogens is 3. The fourth-order valence-electron chi connectivity index (χ4n) is 6.57. The Morgan fingerprint density at radius 2 is 1.98 bits per heavy atom. The quantitative estimate of drug-likeness (QED) is 0.307. The highest BCUT2D eigenvalue weighted by Gasteiger charge is 2.24. The molecule has 9 nitrogen and oxygen atoms in total. The summed E-state index contributed by atoms with van der Waals surface area (Å²) in [5, 5.41) is 13.9. The van der Waals surface area contributed by atoms with E-state index in [4.69, 9.17) is 19.2 Å². The summed E-state index contributed by atoms with van der Waals surface area (Å²) in [6, 6.07) is 10.2. The summed E-state index contributed by atoms with van der Waals surface area (Å²) in [5.74, 6) is 0.412. The maximum atomic E-state index is 11.7. The Kier molecular flexibility index (Phi) is 9.14. The van der Waals surface area contributed by atoms with Crippen LogP contribution >= 0.6 is 0 Å². The van der Waals surface area contributed by atoms with Crippen LogP contribution in [0, 0.1) is 6.92 Å². The van der Waals surface area contributed by atoms with Crippen molar-refractivity contribution in [3.05, 3.63) is 87.4 Å². The van der Waals surface area contributed by atoms with E-state index in [-0.39, 0.29) is 11.4 Å². The summed E-state index contributed by atoms with van der Waals surface area (Å²) < 4.78 is 19.6. The first-order valence-corrected chi connectivity index (χ1v) is 15.8. The molecule has 0 spiro atoms. The second-order valence-corrected chi connectivity index (χ2v) is 11.9. The highest BCUT2D eigenvalue weighted by Crippen LogP contribution is 2.34. The van der Waals surface area contributed by atoms with Gasteiger partial charge in [-0.2, -0.15) is 9.78 Å². The van der Waals surface area contributed by atoms with Crippen LogP contribution in [0.4, 0.5) is 0 Å². The SMILES string of the molecule is CCOc1c(C(=O)O)cnn1-c1cccc(C2=CCCC(C)=C2OCc2ccc3c(c2C)CCN(C[C@H]2CCCO2)CC3)n1. The highest BCUT2D eigenvalue weighted by atomic mass is 16.5. The molecular formula is C35H42N4O5. The Morgan fingerprint density at radius 1 is 1.11 bits per heavy atom. The lowest BCUT2D eigenvalue weighted by molar-refractivity contribution is 0.0692. The maximum absolute atomic E-state index is 11.7. The second-order valence-electron chi connectivity index (χ2n) is 11.9. The zero-order valence-corrected chi connectivity index (χ0v) is 26.0. The van der Waals surface area contributed by atoms with Crippen LogP contribution in [-0.2, 0) is 28.9 Å². The third-order valence-corrected chi connectivity index (χ3v) is 9.00. The van der Waals surface area contributed by atoms with E-state index in [9.17, 15) is 9.90 Å². The van der Waals surface area contributed by atoms with Gasteiger partial charge in [-0.3, -0.25) is 0 Å². The molecule has 4 heterocycles. The lowest BCUT2D eigenvalue weighted by Crippen LogP contribution is -2.34. The average Bonchev–Trinajstić information content (AvgIpc) is 3.64. The number of allylic oxidation sites excluding steroid dienone is 3. The fourth-order valence-corrected chi connectivity index (χ4v) is 6.57. The highest BCUT2D eigenvalue weighted by molar-refractivity contribution is 5.90. The minimum atomic E-state index is -1.09. The average molecular weight is 599 g/mol. The van der Waals surface area contributed by atoms with Crippen molar-refractivity contribution in [2.24, 2.45) is 0 Å². The fraction of sp³-hybridized carbons (Fsp3) is 0.457. The van der Waals surface area contributed by atoms with Crippen LogP contribution in [0.1, 0.15) is 77.8 Å². The molecule has 1 fully saturated rings. The van der Waals surface area contributed by atoms with Gasteiger partial charge in [-0.15, -0.1) is 0 Å². The number of nitrogens with zero attached hydrogens (tertiary/aromatic N) is 4. The summed E-state index contributed by atoms with van der Waals surface area (Å²) in [6.07, 6.45) is 10.2. The van der Waals surface area contributed by atoms with E-state index >= 15 is 0 Å². The normalized spacial score (nSPS) is 19.0. The third kappa shape index (κ3) is 6.30. The molecular weight excluding hydrogens is 556 g/mol. The van der Waals surface area contributed by atoms with Gasteiger partial charge < -0.3 is 24.2 Å². The molecule has 2 aliphatic heterocycles. The molecule has 6 rings (SSSR count). The molecule has 0 amide bonds. The summed E-state index contributed by atoms with van der Waals surface area (Å²) >= 11 is 0. The van der Waals surface area contributed by atoms with Crippen LogP contribution in [0.3, 0.4) is 0 Å². The number of carboxylic acid groups (broad SMARTS) is 1. The van der Waals surface area contributed by atoms with Crippen molar-refractivity contribution in [1.82, 2.24) is 19.7 Å². The number of carbonyl (C=O) groups is 1. The van der Waals surface area contributed by atoms with Crippen LogP contribution < -0.4 is 4.74 Å². The molecule has 0 saturated carbocycles. The van der Waals surface area contributed by atoms with Crippen LogP contribution in [0.2, 0.25) is 0 Å². The minimum absolute atomic E-state index is 0.00218. The van der Waals surface area contributed by atoms with Crippen LogP contribution in [0.25, 0.3) is 11.4 Å². The lowest BCUT2D eigenvalue weighted by Gasteiger charge is -2.23. The van der Waals surface area contributed by atoms with Gasteiger partial charge >= 0.3 is 5.97 Å². The number of fused-ring (bicyclic) bond motifs is 1. The number of benzene rings is 1. The van der Waals surface area contributed by atoms with E-state index in [1.165, 1.54) is 51.5 Å². The molecule has 1 N–H and O–H groups in total. The van der Waals surface area contributed by atoms with E-state index in [1.807, 2.05) is 19.1 Å². The third-order valence-electron chi connectivity index (χ3n) is 9.00. The van der Waals surface area contributed by atoms with Crippen LogP contribution in [0.15, 0.2) is 53.9 Å². The number of hydrogen-bond acceptors (Lipinski definition) is 7. The van der Waals surface area contributed by atoms with Gasteiger partial charge in [-0.25, -0.2) is 9.78 Å². The predicted octanol–water partition coefficient (Wildman–Crippen LogP) is 5.92. The Bertz CT molecular complexity index is 1580. The Hall–Kier alpha value is -3.95. The van der Waals surface area contributed by atoms with Gasteiger partial charge in [0.2, 0.25) is 5.88 Å². The summed E-state index contributed by atoms with van der Waals surface area (Å²) in [4.78, 5) is 19.2. The summed E-state index contributed by atoms with van der Waals surface area (Å²) in [6.45, 7) is 11.1. The number of pyridine rings is 1. The van der Waals surface area contributed by atoms with Gasteiger partial charge in [0.05, 0.1) is 24.6 Å². The monoisotopic (exact) mass is 598 g/mol. The first kappa shape index (κ1) is 30.1. The maximum Gasteiger partial charge on any atom is 0.342 e. The van der Waals surface area contributed by atoms with E-state index in [0.717, 1.165) is 69.0 Å². The number of rotatable bonds is 10.